The maximum atomic E-state index is 12.9. The number of anilines is 4. The second-order valence-electron chi connectivity index (χ2n) is 4.84. The minimum Gasteiger partial charge on any atom is -0.356 e. The molecule has 0 aliphatic rings. The van der Waals surface area contributed by atoms with Gasteiger partial charge in [-0.05, 0) is 72.8 Å². The molecular formula is C18H14F2N2. The minimum atomic E-state index is -0.260. The molecule has 110 valence electrons. The summed E-state index contributed by atoms with van der Waals surface area (Å²) >= 11 is 0. The molecule has 0 saturated heterocycles. The van der Waals surface area contributed by atoms with Crippen LogP contribution in [0, 0.1) is 11.6 Å². The van der Waals surface area contributed by atoms with Crippen molar-refractivity contribution in [3.8, 4) is 0 Å². The number of hydrogen-bond acceptors (Lipinski definition) is 2. The monoisotopic (exact) mass is 296 g/mol. The summed E-state index contributed by atoms with van der Waals surface area (Å²) in [6.07, 6.45) is 0. The topological polar surface area (TPSA) is 24.1 Å². The quantitative estimate of drug-likeness (QED) is 0.668. The molecule has 0 aliphatic carbocycles. The van der Waals surface area contributed by atoms with E-state index in [1.807, 2.05) is 24.3 Å². The van der Waals surface area contributed by atoms with Gasteiger partial charge >= 0.3 is 0 Å². The van der Waals surface area contributed by atoms with E-state index in [0.717, 1.165) is 22.7 Å². The molecule has 0 saturated carbocycles. The van der Waals surface area contributed by atoms with E-state index in [4.69, 9.17) is 0 Å². The SMILES string of the molecule is Fc1ccc(Nc2ccc(Nc3ccc(F)cc3)cc2)cc1. The fourth-order valence-corrected chi connectivity index (χ4v) is 2.04. The summed E-state index contributed by atoms with van der Waals surface area (Å²) in [4.78, 5) is 0. The van der Waals surface area contributed by atoms with Crippen LogP contribution < -0.4 is 10.6 Å². The predicted octanol–water partition coefficient (Wildman–Crippen LogP) is 5.45. The largest absolute Gasteiger partial charge is 0.356 e. The van der Waals surface area contributed by atoms with E-state index in [0.29, 0.717) is 0 Å². The van der Waals surface area contributed by atoms with Crippen LogP contribution in [0.2, 0.25) is 0 Å². The normalized spacial score (nSPS) is 10.3. The smallest absolute Gasteiger partial charge is 0.123 e. The van der Waals surface area contributed by atoms with Gasteiger partial charge in [-0.25, -0.2) is 8.78 Å². The van der Waals surface area contributed by atoms with Gasteiger partial charge in [-0.15, -0.1) is 0 Å². The Morgan fingerprint density at radius 1 is 0.409 bits per heavy atom. The Kier molecular flexibility index (Phi) is 4.01. The first-order chi connectivity index (χ1) is 10.7. The Morgan fingerprint density at radius 3 is 0.909 bits per heavy atom. The van der Waals surface area contributed by atoms with Crippen molar-refractivity contribution in [3.63, 3.8) is 0 Å². The zero-order chi connectivity index (χ0) is 15.4. The average molecular weight is 296 g/mol. The van der Waals surface area contributed by atoms with E-state index < -0.39 is 0 Å². The summed E-state index contributed by atoms with van der Waals surface area (Å²) < 4.78 is 25.7. The van der Waals surface area contributed by atoms with Crippen LogP contribution in [0.3, 0.4) is 0 Å². The summed E-state index contributed by atoms with van der Waals surface area (Å²) in [5.41, 5.74) is 3.44. The number of nitrogens with one attached hydrogen (secondary N) is 2. The van der Waals surface area contributed by atoms with E-state index in [1.165, 1.54) is 24.3 Å². The van der Waals surface area contributed by atoms with Crippen LogP contribution in [0.15, 0.2) is 72.8 Å². The predicted molar refractivity (Wildman–Crippen MR) is 85.8 cm³/mol. The first-order valence-electron chi connectivity index (χ1n) is 6.84. The molecule has 0 spiro atoms. The lowest BCUT2D eigenvalue weighted by atomic mass is 10.2. The minimum absolute atomic E-state index is 0.260. The Bertz CT molecular complexity index is 669. The van der Waals surface area contributed by atoms with Gasteiger partial charge in [0.05, 0.1) is 0 Å². The second kappa shape index (κ2) is 6.26. The van der Waals surface area contributed by atoms with E-state index in [9.17, 15) is 8.78 Å². The van der Waals surface area contributed by atoms with E-state index in [1.54, 1.807) is 24.3 Å². The van der Waals surface area contributed by atoms with Gasteiger partial charge < -0.3 is 10.6 Å². The van der Waals surface area contributed by atoms with Gasteiger partial charge in [-0.1, -0.05) is 0 Å². The number of hydrogen-bond donors (Lipinski definition) is 2. The third-order valence-corrected chi connectivity index (χ3v) is 3.15. The number of rotatable bonds is 4. The lowest BCUT2D eigenvalue weighted by Gasteiger charge is -2.09. The Labute approximate surface area is 127 Å². The van der Waals surface area contributed by atoms with Crippen molar-refractivity contribution in [1.82, 2.24) is 0 Å². The zero-order valence-corrected chi connectivity index (χ0v) is 11.7. The van der Waals surface area contributed by atoms with Crippen molar-refractivity contribution in [2.45, 2.75) is 0 Å². The van der Waals surface area contributed by atoms with Gasteiger partial charge in [-0.3, -0.25) is 0 Å². The Morgan fingerprint density at radius 2 is 0.636 bits per heavy atom. The highest BCUT2D eigenvalue weighted by molar-refractivity contribution is 5.65. The van der Waals surface area contributed by atoms with Crippen LogP contribution in [-0.2, 0) is 0 Å². The lowest BCUT2D eigenvalue weighted by Crippen LogP contribution is -1.93. The van der Waals surface area contributed by atoms with Crippen LogP contribution in [-0.4, -0.2) is 0 Å². The van der Waals surface area contributed by atoms with Gasteiger partial charge in [-0.2, -0.15) is 0 Å². The molecular weight excluding hydrogens is 282 g/mol. The van der Waals surface area contributed by atoms with Crippen LogP contribution in [0.5, 0.6) is 0 Å². The van der Waals surface area contributed by atoms with Crippen molar-refractivity contribution < 1.29 is 8.78 Å². The molecule has 0 heterocycles. The standard InChI is InChI=1S/C18H14F2N2/c19-13-1-5-15(6-2-13)21-17-9-11-18(12-10-17)22-16-7-3-14(20)4-8-16/h1-12,21-22H. The molecule has 0 amide bonds. The molecule has 0 aromatic heterocycles. The highest BCUT2D eigenvalue weighted by atomic mass is 19.1. The molecule has 0 fully saturated rings. The third kappa shape index (κ3) is 3.61. The van der Waals surface area contributed by atoms with Crippen LogP contribution in [0.25, 0.3) is 0 Å². The van der Waals surface area contributed by atoms with Gasteiger partial charge in [0.1, 0.15) is 11.6 Å². The molecule has 0 unspecified atom stereocenters. The molecule has 2 nitrogen and oxygen atoms in total. The molecule has 3 rings (SSSR count). The summed E-state index contributed by atoms with van der Waals surface area (Å²) in [5, 5.41) is 6.37. The maximum Gasteiger partial charge on any atom is 0.123 e. The Hall–Kier alpha value is -2.88. The second-order valence-corrected chi connectivity index (χ2v) is 4.84. The first kappa shape index (κ1) is 14.1. The summed E-state index contributed by atoms with van der Waals surface area (Å²) in [5.74, 6) is -0.520. The molecule has 0 aliphatic heterocycles. The van der Waals surface area contributed by atoms with E-state index in [-0.39, 0.29) is 11.6 Å². The molecule has 3 aromatic rings. The molecule has 2 N–H and O–H groups in total. The van der Waals surface area contributed by atoms with Gasteiger partial charge in [0.15, 0.2) is 0 Å². The molecule has 0 radical (unpaired) electrons. The highest BCUT2D eigenvalue weighted by Gasteiger charge is 1.98. The van der Waals surface area contributed by atoms with Gasteiger partial charge in [0, 0.05) is 22.7 Å². The molecule has 0 bridgehead atoms. The van der Waals surface area contributed by atoms with Gasteiger partial charge in [0.25, 0.3) is 0 Å². The van der Waals surface area contributed by atoms with Crippen LogP contribution in [0.4, 0.5) is 31.5 Å². The average Bonchev–Trinajstić information content (AvgIpc) is 2.54. The third-order valence-electron chi connectivity index (χ3n) is 3.15. The van der Waals surface area contributed by atoms with Crippen molar-refractivity contribution in [1.29, 1.82) is 0 Å². The summed E-state index contributed by atoms with van der Waals surface area (Å²) in [6.45, 7) is 0. The fourth-order valence-electron chi connectivity index (χ4n) is 2.04. The zero-order valence-electron chi connectivity index (χ0n) is 11.7. The van der Waals surface area contributed by atoms with E-state index >= 15 is 0 Å². The van der Waals surface area contributed by atoms with Crippen molar-refractivity contribution in [2.24, 2.45) is 0 Å². The molecule has 0 atom stereocenters. The highest BCUT2D eigenvalue weighted by Crippen LogP contribution is 2.21. The molecule has 4 heteroatoms. The maximum absolute atomic E-state index is 12.9. The van der Waals surface area contributed by atoms with Gasteiger partial charge in [0.2, 0.25) is 0 Å². The number of halogens is 2. The Balaban J connectivity index is 1.67. The summed E-state index contributed by atoms with van der Waals surface area (Å²) in [7, 11) is 0. The van der Waals surface area contributed by atoms with Crippen molar-refractivity contribution in [2.75, 3.05) is 10.6 Å². The van der Waals surface area contributed by atoms with Crippen molar-refractivity contribution >= 4 is 22.7 Å². The fraction of sp³-hybridized carbons (Fsp3) is 0. The van der Waals surface area contributed by atoms with Crippen LogP contribution >= 0.6 is 0 Å². The van der Waals surface area contributed by atoms with Crippen molar-refractivity contribution in [3.05, 3.63) is 84.4 Å². The number of benzene rings is 3. The first-order valence-corrected chi connectivity index (χ1v) is 6.84. The summed E-state index contributed by atoms with van der Waals surface area (Å²) in [6, 6.07) is 20.0. The lowest BCUT2D eigenvalue weighted by molar-refractivity contribution is 0.627. The van der Waals surface area contributed by atoms with Crippen LogP contribution in [0.1, 0.15) is 0 Å². The van der Waals surface area contributed by atoms with E-state index in [2.05, 4.69) is 10.6 Å². The molecule has 22 heavy (non-hydrogen) atoms. The molecule has 3 aromatic carbocycles.